The molecule has 0 aromatic carbocycles. The highest BCUT2D eigenvalue weighted by Crippen LogP contribution is 2.36. The number of hydrogen-bond acceptors (Lipinski definition) is 4. The maximum Gasteiger partial charge on any atom is 0.107 e. The van der Waals surface area contributed by atoms with Gasteiger partial charge in [-0.15, -0.1) is 11.3 Å². The van der Waals surface area contributed by atoms with Crippen LogP contribution in [0.1, 0.15) is 36.4 Å². The average Bonchev–Trinajstić information content (AvgIpc) is 2.76. The van der Waals surface area contributed by atoms with Gasteiger partial charge < -0.3 is 5.32 Å². The molecule has 1 spiro atoms. The first-order chi connectivity index (χ1) is 8.76. The first kappa shape index (κ1) is 12.6. The zero-order valence-corrected chi connectivity index (χ0v) is 12.1. The summed E-state index contributed by atoms with van der Waals surface area (Å²) in [6, 6.07) is 0. The van der Waals surface area contributed by atoms with Gasteiger partial charge in [0.15, 0.2) is 0 Å². The van der Waals surface area contributed by atoms with Crippen molar-refractivity contribution >= 4 is 11.3 Å². The van der Waals surface area contributed by atoms with Crippen molar-refractivity contribution in [2.45, 2.75) is 39.2 Å². The first-order valence-corrected chi connectivity index (χ1v) is 7.98. The average molecular weight is 265 g/mol. The predicted molar refractivity (Wildman–Crippen MR) is 75.9 cm³/mol. The van der Waals surface area contributed by atoms with E-state index >= 15 is 0 Å². The number of aryl methyl sites for hydroxylation is 1. The quantitative estimate of drug-likeness (QED) is 0.890. The van der Waals surface area contributed by atoms with Crippen LogP contribution in [0.2, 0.25) is 0 Å². The third-order valence-corrected chi connectivity index (χ3v) is 5.28. The number of aromatic nitrogens is 1. The Balaban J connectivity index is 1.63. The molecule has 0 saturated carbocycles. The number of hydrogen-bond donors (Lipinski definition) is 1. The molecule has 18 heavy (non-hydrogen) atoms. The summed E-state index contributed by atoms with van der Waals surface area (Å²) >= 11 is 1.81. The van der Waals surface area contributed by atoms with Crippen LogP contribution in [0.3, 0.4) is 0 Å². The third kappa shape index (κ3) is 2.76. The van der Waals surface area contributed by atoms with Gasteiger partial charge in [-0.2, -0.15) is 0 Å². The number of nitrogens with zero attached hydrogens (tertiary/aromatic N) is 2. The summed E-state index contributed by atoms with van der Waals surface area (Å²) in [6.07, 6.45) is 5.52. The maximum absolute atomic E-state index is 4.60. The van der Waals surface area contributed by atoms with Crippen molar-refractivity contribution in [3.8, 4) is 0 Å². The number of piperidine rings is 2. The van der Waals surface area contributed by atoms with Gasteiger partial charge >= 0.3 is 0 Å². The molecule has 2 fully saturated rings. The summed E-state index contributed by atoms with van der Waals surface area (Å²) in [4.78, 5) is 7.22. The molecule has 1 N–H and O–H groups in total. The van der Waals surface area contributed by atoms with Crippen LogP contribution < -0.4 is 5.32 Å². The Morgan fingerprint density at radius 3 is 3.06 bits per heavy atom. The SMILES string of the molecule is Cc1csc(CN2CCCC3(CCCNC3)C2)n1. The Morgan fingerprint density at radius 2 is 2.33 bits per heavy atom. The largest absolute Gasteiger partial charge is 0.316 e. The summed E-state index contributed by atoms with van der Waals surface area (Å²) < 4.78 is 0. The van der Waals surface area contributed by atoms with Gasteiger partial charge in [-0.3, -0.25) is 4.90 Å². The second kappa shape index (κ2) is 5.27. The third-order valence-electron chi connectivity index (χ3n) is 4.33. The maximum atomic E-state index is 4.60. The van der Waals surface area contributed by atoms with E-state index in [0.29, 0.717) is 5.41 Å². The Bertz CT molecular complexity index is 390. The van der Waals surface area contributed by atoms with Crippen LogP contribution in [0.5, 0.6) is 0 Å². The van der Waals surface area contributed by atoms with Crippen LogP contribution in [0, 0.1) is 12.3 Å². The molecule has 3 nitrogen and oxygen atoms in total. The van der Waals surface area contributed by atoms with E-state index in [0.717, 1.165) is 6.54 Å². The van der Waals surface area contributed by atoms with Gasteiger partial charge in [0.1, 0.15) is 5.01 Å². The van der Waals surface area contributed by atoms with Crippen molar-refractivity contribution in [3.63, 3.8) is 0 Å². The van der Waals surface area contributed by atoms with Crippen molar-refractivity contribution in [1.29, 1.82) is 0 Å². The van der Waals surface area contributed by atoms with E-state index in [9.17, 15) is 0 Å². The van der Waals surface area contributed by atoms with Crippen LogP contribution in [0.4, 0.5) is 0 Å². The predicted octanol–water partition coefficient (Wildman–Crippen LogP) is 2.42. The Morgan fingerprint density at radius 1 is 1.44 bits per heavy atom. The zero-order valence-electron chi connectivity index (χ0n) is 11.2. The van der Waals surface area contributed by atoms with Crippen LogP contribution in [0.15, 0.2) is 5.38 Å². The molecule has 1 aromatic heterocycles. The van der Waals surface area contributed by atoms with E-state index in [1.807, 2.05) is 11.3 Å². The monoisotopic (exact) mass is 265 g/mol. The van der Waals surface area contributed by atoms with E-state index in [2.05, 4.69) is 27.5 Å². The van der Waals surface area contributed by atoms with Crippen LogP contribution in [0.25, 0.3) is 0 Å². The first-order valence-electron chi connectivity index (χ1n) is 7.10. The van der Waals surface area contributed by atoms with E-state index in [4.69, 9.17) is 0 Å². The highest BCUT2D eigenvalue weighted by atomic mass is 32.1. The lowest BCUT2D eigenvalue weighted by atomic mass is 9.74. The smallest absolute Gasteiger partial charge is 0.107 e. The second-order valence-electron chi connectivity index (χ2n) is 5.98. The molecule has 3 heterocycles. The topological polar surface area (TPSA) is 28.2 Å². The van der Waals surface area contributed by atoms with Crippen molar-refractivity contribution in [2.75, 3.05) is 26.2 Å². The van der Waals surface area contributed by atoms with E-state index < -0.39 is 0 Å². The van der Waals surface area contributed by atoms with E-state index in [1.54, 1.807) is 0 Å². The van der Waals surface area contributed by atoms with E-state index in [-0.39, 0.29) is 0 Å². The number of rotatable bonds is 2. The van der Waals surface area contributed by atoms with Crippen molar-refractivity contribution in [3.05, 3.63) is 16.1 Å². The van der Waals surface area contributed by atoms with Crippen molar-refractivity contribution in [2.24, 2.45) is 5.41 Å². The lowest BCUT2D eigenvalue weighted by molar-refractivity contribution is 0.0600. The van der Waals surface area contributed by atoms with Crippen LogP contribution >= 0.6 is 11.3 Å². The molecule has 1 atom stereocenters. The normalized spacial score (nSPS) is 29.8. The number of thiazole rings is 1. The molecule has 1 aromatic rings. The van der Waals surface area contributed by atoms with Gasteiger partial charge in [0.2, 0.25) is 0 Å². The minimum Gasteiger partial charge on any atom is -0.316 e. The van der Waals surface area contributed by atoms with Gasteiger partial charge in [-0.25, -0.2) is 4.98 Å². The Hall–Kier alpha value is -0.450. The molecule has 100 valence electrons. The standard InChI is InChI=1S/C14H23N3S/c1-12-9-18-13(16-12)8-17-7-3-5-14(11-17)4-2-6-15-10-14/h9,15H,2-8,10-11H2,1H3. The van der Waals surface area contributed by atoms with E-state index in [1.165, 1.54) is 62.6 Å². The minimum atomic E-state index is 0.558. The second-order valence-corrected chi connectivity index (χ2v) is 6.92. The molecular formula is C14H23N3S. The van der Waals surface area contributed by atoms with Gasteiger partial charge in [0.05, 0.1) is 6.54 Å². The van der Waals surface area contributed by atoms with Gasteiger partial charge in [0, 0.05) is 24.2 Å². The molecule has 0 radical (unpaired) electrons. The molecule has 2 aliphatic heterocycles. The molecule has 2 saturated heterocycles. The molecule has 0 bridgehead atoms. The summed E-state index contributed by atoms with van der Waals surface area (Å²) in [6.45, 7) is 8.09. The molecule has 2 aliphatic rings. The molecule has 1 unspecified atom stereocenters. The van der Waals surface area contributed by atoms with Gasteiger partial charge in [0.25, 0.3) is 0 Å². The molecule has 3 rings (SSSR count). The number of likely N-dealkylation sites (tertiary alicyclic amines) is 1. The zero-order chi connectivity index (χ0) is 12.4. The summed E-state index contributed by atoms with van der Waals surface area (Å²) in [7, 11) is 0. The lowest BCUT2D eigenvalue weighted by Gasteiger charge is -2.45. The summed E-state index contributed by atoms with van der Waals surface area (Å²) in [5.41, 5.74) is 1.73. The Kier molecular flexibility index (Phi) is 3.68. The fraction of sp³-hybridized carbons (Fsp3) is 0.786. The van der Waals surface area contributed by atoms with Crippen molar-refractivity contribution in [1.82, 2.24) is 15.2 Å². The Labute approximate surface area is 114 Å². The summed E-state index contributed by atoms with van der Waals surface area (Å²) in [5, 5.41) is 7.04. The number of nitrogens with one attached hydrogen (secondary N) is 1. The lowest BCUT2D eigenvalue weighted by Crippen LogP contribution is -2.50. The van der Waals surface area contributed by atoms with Crippen LogP contribution in [-0.2, 0) is 6.54 Å². The highest BCUT2D eigenvalue weighted by Gasteiger charge is 2.36. The molecular weight excluding hydrogens is 242 g/mol. The molecule has 0 amide bonds. The van der Waals surface area contributed by atoms with Gasteiger partial charge in [-0.1, -0.05) is 0 Å². The van der Waals surface area contributed by atoms with Crippen molar-refractivity contribution < 1.29 is 0 Å². The molecule has 0 aliphatic carbocycles. The van der Waals surface area contributed by atoms with Crippen LogP contribution in [-0.4, -0.2) is 36.1 Å². The molecule has 4 heteroatoms. The minimum absolute atomic E-state index is 0.558. The fourth-order valence-corrected chi connectivity index (χ4v) is 4.30. The fourth-order valence-electron chi connectivity index (χ4n) is 3.49. The van der Waals surface area contributed by atoms with Gasteiger partial charge in [-0.05, 0) is 51.1 Å². The summed E-state index contributed by atoms with van der Waals surface area (Å²) in [5.74, 6) is 0. The highest BCUT2D eigenvalue weighted by molar-refractivity contribution is 7.09.